The first kappa shape index (κ1) is 11.5. The smallest absolute Gasteiger partial charge is 0.0409 e. The molecule has 1 heterocycles. The van der Waals surface area contributed by atoms with Crippen molar-refractivity contribution in [3.05, 3.63) is 29.3 Å². The maximum absolute atomic E-state index is 2.53. The quantitative estimate of drug-likeness (QED) is 0.637. The van der Waals surface area contributed by atoms with Crippen LogP contribution in [0.5, 0.6) is 0 Å². The van der Waals surface area contributed by atoms with E-state index in [4.69, 9.17) is 0 Å². The average molecular weight is 217 g/mol. The summed E-state index contributed by atoms with van der Waals surface area (Å²) in [6.45, 7) is 14.9. The Bertz CT molecular complexity index is 410. The van der Waals surface area contributed by atoms with Gasteiger partial charge in [0.25, 0.3) is 0 Å². The van der Waals surface area contributed by atoms with E-state index < -0.39 is 0 Å². The zero-order chi connectivity index (χ0) is 12.1. The number of anilines is 1. The van der Waals surface area contributed by atoms with Crippen LogP contribution < -0.4 is 4.90 Å². The zero-order valence-electron chi connectivity index (χ0n) is 11.4. The van der Waals surface area contributed by atoms with E-state index >= 15 is 0 Å². The van der Waals surface area contributed by atoms with Crippen molar-refractivity contribution < 1.29 is 0 Å². The molecule has 1 aliphatic heterocycles. The molecule has 1 aliphatic rings. The summed E-state index contributed by atoms with van der Waals surface area (Å²) >= 11 is 0. The molecule has 0 atom stereocenters. The Morgan fingerprint density at radius 3 is 2.38 bits per heavy atom. The molecule has 0 saturated carbocycles. The van der Waals surface area contributed by atoms with Crippen molar-refractivity contribution in [1.82, 2.24) is 0 Å². The molecule has 0 amide bonds. The highest BCUT2D eigenvalue weighted by atomic mass is 15.2. The minimum absolute atomic E-state index is 0.206. The average Bonchev–Trinajstić information content (AvgIpc) is 2.38. The minimum atomic E-state index is 0.206. The second kappa shape index (κ2) is 3.26. The van der Waals surface area contributed by atoms with E-state index in [0.29, 0.717) is 0 Å². The van der Waals surface area contributed by atoms with Crippen LogP contribution in [0.3, 0.4) is 0 Å². The van der Waals surface area contributed by atoms with Crippen LogP contribution in [-0.4, -0.2) is 12.1 Å². The molecule has 16 heavy (non-hydrogen) atoms. The van der Waals surface area contributed by atoms with E-state index in [2.05, 4.69) is 64.6 Å². The molecule has 0 radical (unpaired) electrons. The normalized spacial score (nSPS) is 18.8. The minimum Gasteiger partial charge on any atom is -0.366 e. The van der Waals surface area contributed by atoms with E-state index in [9.17, 15) is 0 Å². The predicted molar refractivity (Wildman–Crippen MR) is 71.3 cm³/mol. The Morgan fingerprint density at radius 1 is 1.19 bits per heavy atom. The second-order valence-electron chi connectivity index (χ2n) is 6.66. The molecule has 0 N–H and O–H groups in total. The Hall–Kier alpha value is -0.980. The summed E-state index contributed by atoms with van der Waals surface area (Å²) in [6.07, 6.45) is 0. The van der Waals surface area contributed by atoms with E-state index in [-0.39, 0.29) is 11.0 Å². The lowest BCUT2D eigenvalue weighted by Crippen LogP contribution is -2.42. The van der Waals surface area contributed by atoms with Crippen molar-refractivity contribution in [2.75, 3.05) is 11.4 Å². The number of rotatable bonds is 0. The Balaban J connectivity index is 2.56. The first-order valence-corrected chi connectivity index (χ1v) is 6.11. The van der Waals surface area contributed by atoms with Crippen molar-refractivity contribution in [1.29, 1.82) is 0 Å². The lowest BCUT2D eigenvalue weighted by molar-refractivity contribution is 0.459. The lowest BCUT2D eigenvalue weighted by atomic mass is 9.86. The van der Waals surface area contributed by atoms with Crippen molar-refractivity contribution >= 4 is 5.69 Å². The summed E-state index contributed by atoms with van der Waals surface area (Å²) < 4.78 is 0. The van der Waals surface area contributed by atoms with Gasteiger partial charge in [-0.25, -0.2) is 0 Å². The summed E-state index contributed by atoms with van der Waals surface area (Å²) in [6, 6.07) is 6.85. The van der Waals surface area contributed by atoms with Gasteiger partial charge in [-0.1, -0.05) is 31.5 Å². The van der Waals surface area contributed by atoms with Gasteiger partial charge in [0, 0.05) is 23.2 Å². The van der Waals surface area contributed by atoms with E-state index in [1.807, 2.05) is 0 Å². The highest BCUT2D eigenvalue weighted by Crippen LogP contribution is 2.43. The van der Waals surface area contributed by atoms with Gasteiger partial charge in [-0.3, -0.25) is 0 Å². The van der Waals surface area contributed by atoms with Crippen LogP contribution in [0.25, 0.3) is 0 Å². The number of hydrogen-bond donors (Lipinski definition) is 0. The fourth-order valence-electron chi connectivity index (χ4n) is 2.59. The molecule has 0 fully saturated rings. The number of nitrogens with zero attached hydrogens (tertiary/aromatic N) is 1. The molecule has 0 aliphatic carbocycles. The molecule has 1 heteroatoms. The molecule has 0 saturated heterocycles. The molecular weight excluding hydrogens is 194 g/mol. The number of hydrogen-bond acceptors (Lipinski definition) is 1. The first-order chi connectivity index (χ1) is 7.22. The van der Waals surface area contributed by atoms with Crippen LogP contribution in [0, 0.1) is 6.92 Å². The standard InChI is InChI=1S/C15H23N/c1-11-7-8-13-12(9-11)15(5,6)10-16(13)14(2,3)4/h7-9H,10H2,1-6H3. The largest absolute Gasteiger partial charge is 0.366 e. The van der Waals surface area contributed by atoms with Gasteiger partial charge in [0.05, 0.1) is 0 Å². The summed E-state index contributed by atoms with van der Waals surface area (Å²) in [5.74, 6) is 0. The van der Waals surface area contributed by atoms with Gasteiger partial charge >= 0.3 is 0 Å². The summed E-state index contributed by atoms with van der Waals surface area (Å²) in [4.78, 5) is 2.53. The van der Waals surface area contributed by atoms with Gasteiger partial charge in [-0.05, 0) is 39.3 Å². The Morgan fingerprint density at radius 2 is 1.81 bits per heavy atom. The third-order valence-electron chi connectivity index (χ3n) is 3.54. The Kier molecular flexibility index (Phi) is 2.34. The molecule has 0 unspecified atom stereocenters. The van der Waals surface area contributed by atoms with Crippen LogP contribution in [0.2, 0.25) is 0 Å². The molecular formula is C15H23N. The molecule has 1 aromatic carbocycles. The Labute approximate surface area is 99.5 Å². The summed E-state index contributed by atoms with van der Waals surface area (Å²) in [5.41, 5.74) is 4.76. The van der Waals surface area contributed by atoms with E-state index in [1.54, 1.807) is 0 Å². The molecule has 0 spiro atoms. The monoisotopic (exact) mass is 217 g/mol. The van der Waals surface area contributed by atoms with Gasteiger partial charge in [-0.2, -0.15) is 0 Å². The van der Waals surface area contributed by atoms with Crippen LogP contribution in [0.15, 0.2) is 18.2 Å². The van der Waals surface area contributed by atoms with Gasteiger partial charge in [0.1, 0.15) is 0 Å². The first-order valence-electron chi connectivity index (χ1n) is 6.11. The second-order valence-corrected chi connectivity index (χ2v) is 6.66. The number of fused-ring (bicyclic) bond motifs is 1. The van der Waals surface area contributed by atoms with Crippen LogP contribution in [-0.2, 0) is 5.41 Å². The molecule has 0 bridgehead atoms. The highest BCUT2D eigenvalue weighted by molar-refractivity contribution is 5.64. The third kappa shape index (κ3) is 1.73. The van der Waals surface area contributed by atoms with Gasteiger partial charge < -0.3 is 4.90 Å². The molecule has 1 nitrogen and oxygen atoms in total. The fraction of sp³-hybridized carbons (Fsp3) is 0.600. The topological polar surface area (TPSA) is 3.24 Å². The summed E-state index contributed by atoms with van der Waals surface area (Å²) in [7, 11) is 0. The van der Waals surface area contributed by atoms with Gasteiger partial charge in [0.15, 0.2) is 0 Å². The van der Waals surface area contributed by atoms with Gasteiger partial charge in [0.2, 0.25) is 0 Å². The fourth-order valence-corrected chi connectivity index (χ4v) is 2.59. The molecule has 0 aromatic heterocycles. The van der Waals surface area contributed by atoms with Crippen LogP contribution >= 0.6 is 0 Å². The van der Waals surface area contributed by atoms with Crippen LogP contribution in [0.1, 0.15) is 45.7 Å². The maximum atomic E-state index is 2.53. The molecule has 88 valence electrons. The SMILES string of the molecule is Cc1ccc2c(c1)C(C)(C)CN2C(C)(C)C. The number of benzene rings is 1. The zero-order valence-corrected chi connectivity index (χ0v) is 11.4. The van der Waals surface area contributed by atoms with Gasteiger partial charge in [-0.15, -0.1) is 0 Å². The van der Waals surface area contributed by atoms with E-state index in [1.165, 1.54) is 16.8 Å². The van der Waals surface area contributed by atoms with Crippen molar-refractivity contribution in [2.24, 2.45) is 0 Å². The van der Waals surface area contributed by atoms with Crippen molar-refractivity contribution in [3.8, 4) is 0 Å². The number of aryl methyl sites for hydroxylation is 1. The van der Waals surface area contributed by atoms with Crippen molar-refractivity contribution in [3.63, 3.8) is 0 Å². The maximum Gasteiger partial charge on any atom is 0.0409 e. The van der Waals surface area contributed by atoms with Crippen LogP contribution in [0.4, 0.5) is 5.69 Å². The molecule has 2 rings (SSSR count). The molecule has 1 aromatic rings. The highest BCUT2D eigenvalue weighted by Gasteiger charge is 2.39. The van der Waals surface area contributed by atoms with E-state index in [0.717, 1.165) is 6.54 Å². The predicted octanol–water partition coefficient (Wildman–Crippen LogP) is 3.89. The summed E-state index contributed by atoms with van der Waals surface area (Å²) in [5, 5.41) is 0. The third-order valence-corrected chi connectivity index (χ3v) is 3.54. The van der Waals surface area contributed by atoms with Crippen molar-refractivity contribution in [2.45, 2.75) is 52.5 Å². The lowest BCUT2D eigenvalue weighted by Gasteiger charge is -2.35.